The normalized spacial score (nSPS) is 11.8. The molecule has 0 aliphatic heterocycles. The number of nitrogens with one attached hydrogen (secondary N) is 2. The highest BCUT2D eigenvalue weighted by molar-refractivity contribution is 6.39. The molecule has 2 rings (SSSR count). The van der Waals surface area contributed by atoms with Gasteiger partial charge in [0.25, 0.3) is 0 Å². The van der Waals surface area contributed by atoms with E-state index < -0.39 is 11.8 Å². The molecule has 5 nitrogen and oxygen atoms in total. The van der Waals surface area contributed by atoms with E-state index in [0.29, 0.717) is 18.0 Å². The van der Waals surface area contributed by atoms with Gasteiger partial charge in [-0.15, -0.1) is 0 Å². The molecule has 5 heteroatoms. The fourth-order valence-corrected chi connectivity index (χ4v) is 2.93. The zero-order valence-electron chi connectivity index (χ0n) is 16.6. The van der Waals surface area contributed by atoms with Crippen molar-refractivity contribution in [2.24, 2.45) is 0 Å². The molecule has 0 aromatic heterocycles. The number of ether oxygens (including phenoxy) is 1. The molecule has 0 fully saturated rings. The number of carbonyl (C=O) groups excluding carboxylic acids is 2. The van der Waals surface area contributed by atoms with Crippen LogP contribution in [0.15, 0.2) is 42.5 Å². The molecule has 2 aromatic rings. The summed E-state index contributed by atoms with van der Waals surface area (Å²) in [5, 5.41) is 5.48. The summed E-state index contributed by atoms with van der Waals surface area (Å²) in [6.45, 7) is 10.3. The van der Waals surface area contributed by atoms with Crippen molar-refractivity contribution in [3.05, 3.63) is 59.2 Å². The first-order valence-corrected chi connectivity index (χ1v) is 9.27. The number of rotatable bonds is 6. The third-order valence-electron chi connectivity index (χ3n) is 4.32. The van der Waals surface area contributed by atoms with Gasteiger partial charge in [-0.05, 0) is 44.4 Å². The smallest absolute Gasteiger partial charge is 0.313 e. The van der Waals surface area contributed by atoms with Gasteiger partial charge in [0.15, 0.2) is 0 Å². The number of amides is 2. The van der Waals surface area contributed by atoms with E-state index in [1.54, 1.807) is 6.07 Å². The second kappa shape index (κ2) is 9.21. The molecule has 0 aliphatic carbocycles. The number of hydrogen-bond donors (Lipinski definition) is 2. The molecule has 1 atom stereocenters. The van der Waals surface area contributed by atoms with Crippen molar-refractivity contribution in [2.75, 3.05) is 11.9 Å². The van der Waals surface area contributed by atoms with Crippen LogP contribution >= 0.6 is 0 Å². The van der Waals surface area contributed by atoms with Gasteiger partial charge in [0.2, 0.25) is 0 Å². The molecule has 0 aliphatic rings. The van der Waals surface area contributed by atoms with Gasteiger partial charge in [-0.2, -0.15) is 0 Å². The molecule has 2 aromatic carbocycles. The molecular formula is C22H28N2O3. The Morgan fingerprint density at radius 2 is 1.70 bits per heavy atom. The number of anilines is 1. The number of carbonyl (C=O) groups is 2. The minimum Gasteiger partial charge on any atom is -0.494 e. The molecule has 144 valence electrons. The third-order valence-corrected chi connectivity index (χ3v) is 4.32. The maximum Gasteiger partial charge on any atom is 0.313 e. The topological polar surface area (TPSA) is 67.4 Å². The zero-order chi connectivity index (χ0) is 20.0. The summed E-state index contributed by atoms with van der Waals surface area (Å²) in [6.07, 6.45) is 0. The minimum absolute atomic E-state index is 0.240. The van der Waals surface area contributed by atoms with Crippen LogP contribution in [0.4, 0.5) is 5.69 Å². The highest BCUT2D eigenvalue weighted by Crippen LogP contribution is 2.27. The Bertz CT molecular complexity index is 815. The van der Waals surface area contributed by atoms with Crippen molar-refractivity contribution in [1.82, 2.24) is 5.32 Å². The van der Waals surface area contributed by atoms with E-state index in [-0.39, 0.29) is 12.0 Å². The van der Waals surface area contributed by atoms with Gasteiger partial charge in [-0.25, -0.2) is 0 Å². The number of para-hydroxylation sites is 1. The first-order valence-electron chi connectivity index (χ1n) is 9.27. The van der Waals surface area contributed by atoms with Gasteiger partial charge < -0.3 is 15.4 Å². The Hall–Kier alpha value is -2.82. The Morgan fingerprint density at radius 1 is 1.00 bits per heavy atom. The van der Waals surface area contributed by atoms with Gasteiger partial charge in [-0.3, -0.25) is 9.59 Å². The lowest BCUT2D eigenvalue weighted by Gasteiger charge is -2.19. The summed E-state index contributed by atoms with van der Waals surface area (Å²) >= 11 is 0. The standard InChI is InChI=1S/C22H28N2O3/c1-6-27-20-12-11-15(4)13-18(20)16(5)23-21(25)22(26)24-19-10-8-7-9-17(19)14(2)3/h7-14,16H,6H2,1-5H3,(H,23,25)(H,24,26). The molecule has 0 heterocycles. The van der Waals surface area contributed by atoms with Gasteiger partial charge in [0.05, 0.1) is 12.6 Å². The quantitative estimate of drug-likeness (QED) is 0.746. The third kappa shape index (κ3) is 5.33. The lowest BCUT2D eigenvalue weighted by molar-refractivity contribution is -0.136. The van der Waals surface area contributed by atoms with E-state index in [4.69, 9.17) is 4.74 Å². The van der Waals surface area contributed by atoms with Gasteiger partial charge >= 0.3 is 11.8 Å². The summed E-state index contributed by atoms with van der Waals surface area (Å²) in [5.74, 6) is -0.406. The second-order valence-corrected chi connectivity index (χ2v) is 6.87. The molecule has 0 spiro atoms. The van der Waals surface area contributed by atoms with Crippen LogP contribution in [0.2, 0.25) is 0 Å². The predicted molar refractivity (Wildman–Crippen MR) is 108 cm³/mol. The average molecular weight is 368 g/mol. The molecule has 27 heavy (non-hydrogen) atoms. The first-order chi connectivity index (χ1) is 12.8. The van der Waals surface area contributed by atoms with Crippen molar-refractivity contribution in [3.8, 4) is 5.75 Å². The predicted octanol–water partition coefficient (Wildman–Crippen LogP) is 4.33. The summed E-state index contributed by atoms with van der Waals surface area (Å²) in [4.78, 5) is 24.8. The summed E-state index contributed by atoms with van der Waals surface area (Å²) in [6, 6.07) is 12.9. The molecule has 0 saturated carbocycles. The van der Waals surface area contributed by atoms with E-state index in [1.807, 2.05) is 71.0 Å². The van der Waals surface area contributed by atoms with E-state index >= 15 is 0 Å². The fraction of sp³-hybridized carbons (Fsp3) is 0.364. The molecular weight excluding hydrogens is 340 g/mol. The Kier molecular flexibility index (Phi) is 6.99. The Labute approximate surface area is 161 Å². The van der Waals surface area contributed by atoms with Crippen molar-refractivity contribution >= 4 is 17.5 Å². The van der Waals surface area contributed by atoms with Gasteiger partial charge in [-0.1, -0.05) is 49.7 Å². The number of benzene rings is 2. The van der Waals surface area contributed by atoms with Crippen molar-refractivity contribution in [1.29, 1.82) is 0 Å². The van der Waals surface area contributed by atoms with Crippen molar-refractivity contribution in [2.45, 2.75) is 46.6 Å². The van der Waals surface area contributed by atoms with E-state index in [0.717, 1.165) is 16.7 Å². The Balaban J connectivity index is 2.11. The first kappa shape index (κ1) is 20.5. The van der Waals surface area contributed by atoms with Crippen LogP contribution in [0, 0.1) is 6.92 Å². The zero-order valence-corrected chi connectivity index (χ0v) is 16.6. The Morgan fingerprint density at radius 3 is 2.37 bits per heavy atom. The van der Waals surface area contributed by atoms with Crippen LogP contribution in [-0.4, -0.2) is 18.4 Å². The number of aryl methyl sites for hydroxylation is 1. The van der Waals surface area contributed by atoms with Gasteiger partial charge in [0, 0.05) is 11.3 Å². The number of hydrogen-bond acceptors (Lipinski definition) is 3. The molecule has 1 unspecified atom stereocenters. The lowest BCUT2D eigenvalue weighted by Crippen LogP contribution is -2.37. The summed E-state index contributed by atoms with van der Waals surface area (Å²) in [5.41, 5.74) is 3.56. The van der Waals surface area contributed by atoms with Crippen LogP contribution in [0.3, 0.4) is 0 Å². The minimum atomic E-state index is -0.680. The fourth-order valence-electron chi connectivity index (χ4n) is 2.93. The molecule has 2 amide bonds. The second-order valence-electron chi connectivity index (χ2n) is 6.87. The summed E-state index contributed by atoms with van der Waals surface area (Å²) in [7, 11) is 0. The van der Waals surface area contributed by atoms with Crippen LogP contribution in [0.25, 0.3) is 0 Å². The van der Waals surface area contributed by atoms with E-state index in [2.05, 4.69) is 10.6 Å². The maximum absolute atomic E-state index is 12.4. The summed E-state index contributed by atoms with van der Waals surface area (Å²) < 4.78 is 5.64. The van der Waals surface area contributed by atoms with Gasteiger partial charge in [0.1, 0.15) is 5.75 Å². The van der Waals surface area contributed by atoms with Crippen molar-refractivity contribution < 1.29 is 14.3 Å². The van der Waals surface area contributed by atoms with Crippen LogP contribution < -0.4 is 15.4 Å². The van der Waals surface area contributed by atoms with Crippen LogP contribution in [-0.2, 0) is 9.59 Å². The highest BCUT2D eigenvalue weighted by atomic mass is 16.5. The average Bonchev–Trinajstić information content (AvgIpc) is 2.63. The van der Waals surface area contributed by atoms with E-state index in [1.165, 1.54) is 0 Å². The molecule has 0 bridgehead atoms. The monoisotopic (exact) mass is 368 g/mol. The largest absolute Gasteiger partial charge is 0.494 e. The van der Waals surface area contributed by atoms with Crippen LogP contribution in [0.5, 0.6) is 5.75 Å². The maximum atomic E-state index is 12.4. The SMILES string of the molecule is CCOc1ccc(C)cc1C(C)NC(=O)C(=O)Nc1ccccc1C(C)C. The molecule has 0 saturated heterocycles. The molecule has 2 N–H and O–H groups in total. The lowest BCUT2D eigenvalue weighted by atomic mass is 10.0. The van der Waals surface area contributed by atoms with Crippen LogP contribution in [0.1, 0.15) is 56.3 Å². The molecule has 0 radical (unpaired) electrons. The van der Waals surface area contributed by atoms with Crippen molar-refractivity contribution in [3.63, 3.8) is 0 Å². The van der Waals surface area contributed by atoms with E-state index in [9.17, 15) is 9.59 Å². The highest BCUT2D eigenvalue weighted by Gasteiger charge is 2.20.